The molecule has 4 rings (SSSR count). The molecular formula is C32H31FN4O6S. The van der Waals surface area contributed by atoms with Crippen LogP contribution in [0.25, 0.3) is 0 Å². The minimum Gasteiger partial charge on any atom is -0.355 e. The van der Waals surface area contributed by atoms with Crippen LogP contribution >= 0.6 is 0 Å². The fraction of sp³-hybridized carbons (Fsp3) is 0.188. The lowest BCUT2D eigenvalue weighted by molar-refractivity contribution is -0.384. The summed E-state index contributed by atoms with van der Waals surface area (Å²) < 4.78 is 43.5. The van der Waals surface area contributed by atoms with Crippen molar-refractivity contribution in [1.82, 2.24) is 10.2 Å². The zero-order chi connectivity index (χ0) is 31.7. The van der Waals surface area contributed by atoms with Crippen molar-refractivity contribution in [3.05, 3.63) is 136 Å². The molecule has 4 aromatic carbocycles. The molecule has 12 heteroatoms. The van der Waals surface area contributed by atoms with Gasteiger partial charge in [0, 0.05) is 37.2 Å². The average Bonchev–Trinajstić information content (AvgIpc) is 3.03. The average molecular weight is 619 g/mol. The molecule has 0 aromatic heterocycles. The summed E-state index contributed by atoms with van der Waals surface area (Å²) >= 11 is 0. The van der Waals surface area contributed by atoms with Gasteiger partial charge in [0.05, 0.1) is 15.5 Å². The molecule has 1 atom stereocenters. The third-order valence-electron chi connectivity index (χ3n) is 6.88. The second-order valence-corrected chi connectivity index (χ2v) is 11.7. The molecule has 4 aromatic rings. The van der Waals surface area contributed by atoms with Gasteiger partial charge in [-0.05, 0) is 42.8 Å². The third kappa shape index (κ3) is 7.64. The standard InChI is InChI=1S/C32H31FN4O6S/c1-2-34-32(39)30(21-24-11-5-3-6-12-24)35(22-25-13-9-10-16-29(25)33)31(38)23-36(26-17-19-27(20-18-26)37(40)41)44(42,43)28-14-7-4-8-15-28/h3-20,30H,2,21-23H2,1H3,(H,34,39)/t30-/m0/s1. The van der Waals surface area contributed by atoms with Crippen LogP contribution in [-0.4, -0.2) is 49.2 Å². The van der Waals surface area contributed by atoms with Crippen molar-refractivity contribution < 1.29 is 27.3 Å². The van der Waals surface area contributed by atoms with Gasteiger partial charge in [0.15, 0.2) is 0 Å². The van der Waals surface area contributed by atoms with E-state index in [9.17, 15) is 32.5 Å². The van der Waals surface area contributed by atoms with Crippen LogP contribution in [0, 0.1) is 15.9 Å². The molecule has 0 unspecified atom stereocenters. The number of nitro benzene ring substituents is 1. The van der Waals surface area contributed by atoms with E-state index in [0.29, 0.717) is 0 Å². The van der Waals surface area contributed by atoms with Crippen LogP contribution in [0.5, 0.6) is 0 Å². The number of nitro groups is 1. The van der Waals surface area contributed by atoms with E-state index in [1.807, 2.05) is 6.07 Å². The molecule has 0 saturated heterocycles. The van der Waals surface area contributed by atoms with E-state index in [4.69, 9.17) is 0 Å². The van der Waals surface area contributed by atoms with Crippen LogP contribution in [0.4, 0.5) is 15.8 Å². The third-order valence-corrected chi connectivity index (χ3v) is 8.67. The maximum Gasteiger partial charge on any atom is 0.269 e. The Bertz CT molecular complexity index is 1700. The first kappa shape index (κ1) is 31.8. The predicted molar refractivity (Wildman–Crippen MR) is 164 cm³/mol. The van der Waals surface area contributed by atoms with Gasteiger partial charge in [-0.1, -0.05) is 66.7 Å². The molecule has 2 amide bonds. The highest BCUT2D eigenvalue weighted by molar-refractivity contribution is 7.92. The molecule has 0 spiro atoms. The lowest BCUT2D eigenvalue weighted by Gasteiger charge is -2.33. The Hall–Kier alpha value is -5.10. The van der Waals surface area contributed by atoms with E-state index in [-0.39, 0.29) is 41.3 Å². The Morgan fingerprint density at radius 2 is 1.48 bits per heavy atom. The number of carbonyl (C=O) groups is 2. The molecule has 10 nitrogen and oxygen atoms in total. The van der Waals surface area contributed by atoms with Gasteiger partial charge >= 0.3 is 0 Å². The van der Waals surface area contributed by atoms with Gasteiger partial charge in [0.1, 0.15) is 18.4 Å². The van der Waals surface area contributed by atoms with Crippen LogP contribution < -0.4 is 9.62 Å². The molecule has 0 aliphatic carbocycles. The summed E-state index contributed by atoms with van der Waals surface area (Å²) in [6.07, 6.45) is 0.0792. The number of nitrogens with zero attached hydrogens (tertiary/aromatic N) is 3. The van der Waals surface area contributed by atoms with Gasteiger partial charge in [0.25, 0.3) is 15.7 Å². The molecule has 0 aliphatic rings. The lowest BCUT2D eigenvalue weighted by Crippen LogP contribution is -2.53. The molecular weight excluding hydrogens is 587 g/mol. The molecule has 1 N–H and O–H groups in total. The van der Waals surface area contributed by atoms with Crippen LogP contribution in [-0.2, 0) is 32.6 Å². The maximum absolute atomic E-state index is 14.9. The first-order chi connectivity index (χ1) is 21.1. The minimum atomic E-state index is -4.37. The molecule has 44 heavy (non-hydrogen) atoms. The molecule has 0 bridgehead atoms. The van der Waals surface area contributed by atoms with Crippen LogP contribution in [0.2, 0.25) is 0 Å². The summed E-state index contributed by atoms with van der Waals surface area (Å²) in [6, 6.07) is 25.8. The van der Waals surface area contributed by atoms with Gasteiger partial charge in [-0.3, -0.25) is 24.0 Å². The number of hydrogen-bond donors (Lipinski definition) is 1. The van der Waals surface area contributed by atoms with Crippen molar-refractivity contribution in [1.29, 1.82) is 0 Å². The first-order valence-electron chi connectivity index (χ1n) is 13.8. The van der Waals surface area contributed by atoms with Crippen molar-refractivity contribution in [2.75, 3.05) is 17.4 Å². The molecule has 0 radical (unpaired) electrons. The molecule has 0 heterocycles. The van der Waals surface area contributed by atoms with Crippen molar-refractivity contribution in [3.8, 4) is 0 Å². The van der Waals surface area contributed by atoms with E-state index in [1.165, 1.54) is 59.5 Å². The number of carbonyl (C=O) groups excluding carboxylic acids is 2. The fourth-order valence-electron chi connectivity index (χ4n) is 4.65. The lowest BCUT2D eigenvalue weighted by atomic mass is 10.0. The summed E-state index contributed by atoms with van der Waals surface area (Å²) in [5.74, 6) is -1.86. The quantitative estimate of drug-likeness (QED) is 0.171. The Labute approximate surface area is 254 Å². The summed E-state index contributed by atoms with van der Waals surface area (Å²) in [6.45, 7) is 0.903. The molecule has 228 valence electrons. The number of non-ortho nitro benzene ring substituents is 1. The SMILES string of the molecule is CCNC(=O)[C@H](Cc1ccccc1)N(Cc1ccccc1F)C(=O)CN(c1ccc([N+](=O)[O-])cc1)S(=O)(=O)c1ccccc1. The Balaban J connectivity index is 1.81. The number of likely N-dealkylation sites (N-methyl/N-ethyl adjacent to an activating group) is 1. The summed E-state index contributed by atoms with van der Waals surface area (Å²) in [5.41, 5.74) is 0.601. The van der Waals surface area contributed by atoms with Gasteiger partial charge in [-0.2, -0.15) is 0 Å². The number of anilines is 1. The second-order valence-electron chi connectivity index (χ2n) is 9.81. The molecule has 0 aliphatic heterocycles. The van der Waals surface area contributed by atoms with E-state index < -0.39 is 45.2 Å². The molecule has 0 fully saturated rings. The van der Waals surface area contributed by atoms with E-state index >= 15 is 0 Å². The number of halogens is 1. The largest absolute Gasteiger partial charge is 0.355 e. The van der Waals surface area contributed by atoms with Gasteiger partial charge in [-0.25, -0.2) is 12.8 Å². The topological polar surface area (TPSA) is 130 Å². The number of nitrogens with one attached hydrogen (secondary N) is 1. The highest BCUT2D eigenvalue weighted by Gasteiger charge is 2.35. The zero-order valence-corrected chi connectivity index (χ0v) is 24.7. The van der Waals surface area contributed by atoms with Crippen LogP contribution in [0.3, 0.4) is 0 Å². The number of benzene rings is 4. The number of rotatable bonds is 13. The Morgan fingerprint density at radius 3 is 2.07 bits per heavy atom. The van der Waals surface area contributed by atoms with Crippen molar-refractivity contribution in [2.45, 2.75) is 30.8 Å². The highest BCUT2D eigenvalue weighted by Crippen LogP contribution is 2.27. The predicted octanol–water partition coefficient (Wildman–Crippen LogP) is 4.71. The van der Waals surface area contributed by atoms with Crippen molar-refractivity contribution in [3.63, 3.8) is 0 Å². The summed E-state index contributed by atoms with van der Waals surface area (Å²) in [7, 11) is -4.37. The number of sulfonamides is 1. The smallest absolute Gasteiger partial charge is 0.269 e. The Kier molecular flexibility index (Phi) is 10.4. The van der Waals surface area contributed by atoms with Crippen molar-refractivity contribution in [2.24, 2.45) is 0 Å². The van der Waals surface area contributed by atoms with Crippen molar-refractivity contribution >= 4 is 33.2 Å². The van der Waals surface area contributed by atoms with E-state index in [1.54, 1.807) is 43.3 Å². The normalized spacial score (nSPS) is 11.8. The zero-order valence-electron chi connectivity index (χ0n) is 23.9. The first-order valence-corrected chi connectivity index (χ1v) is 15.2. The van der Waals surface area contributed by atoms with Crippen LogP contribution in [0.15, 0.2) is 114 Å². The minimum absolute atomic E-state index is 0.00346. The van der Waals surface area contributed by atoms with Gasteiger partial charge < -0.3 is 10.2 Å². The number of amides is 2. The monoisotopic (exact) mass is 618 g/mol. The molecule has 0 saturated carbocycles. The van der Waals surface area contributed by atoms with Gasteiger partial charge in [0.2, 0.25) is 11.8 Å². The fourth-order valence-corrected chi connectivity index (χ4v) is 6.08. The second kappa shape index (κ2) is 14.4. The van der Waals surface area contributed by atoms with Gasteiger partial charge in [-0.15, -0.1) is 0 Å². The summed E-state index contributed by atoms with van der Waals surface area (Å²) in [4.78, 5) is 39.4. The van der Waals surface area contributed by atoms with Crippen LogP contribution in [0.1, 0.15) is 18.1 Å². The maximum atomic E-state index is 14.9. The summed E-state index contributed by atoms with van der Waals surface area (Å²) in [5, 5.41) is 14.0. The highest BCUT2D eigenvalue weighted by atomic mass is 32.2. The van der Waals surface area contributed by atoms with E-state index in [0.717, 1.165) is 22.0 Å². The number of hydrogen-bond acceptors (Lipinski definition) is 6. The Morgan fingerprint density at radius 1 is 0.886 bits per heavy atom. The van der Waals surface area contributed by atoms with E-state index in [2.05, 4.69) is 5.32 Å².